The summed E-state index contributed by atoms with van der Waals surface area (Å²) in [4.78, 5) is 0. The molecule has 2 aliphatic heterocycles. The predicted octanol–water partition coefficient (Wildman–Crippen LogP) is 11.1. The Balaban J connectivity index is 0.000000295. The minimum Gasteiger partial charge on any atom is -0.497 e. The van der Waals surface area contributed by atoms with E-state index >= 15 is 0 Å². The molecule has 0 radical (unpaired) electrons. The van der Waals surface area contributed by atoms with Crippen LogP contribution in [0.3, 0.4) is 0 Å². The Morgan fingerprint density at radius 3 is 1.06 bits per heavy atom. The lowest BCUT2D eigenvalue weighted by Crippen LogP contribution is -2.03. The van der Waals surface area contributed by atoms with Gasteiger partial charge in [0.25, 0.3) is 0 Å². The van der Waals surface area contributed by atoms with Gasteiger partial charge in [-0.05, 0) is 76.1 Å². The molecule has 6 rings (SSSR count). The first-order valence-electron chi connectivity index (χ1n) is 17.2. The summed E-state index contributed by atoms with van der Waals surface area (Å²) in [6.45, 7) is 21.9. The van der Waals surface area contributed by atoms with E-state index in [1.165, 1.54) is 27.8 Å². The fourth-order valence-corrected chi connectivity index (χ4v) is 4.04. The summed E-state index contributed by atoms with van der Waals surface area (Å²) in [5.74, 6) is 4.10. The van der Waals surface area contributed by atoms with Crippen molar-refractivity contribution in [3.63, 3.8) is 0 Å². The molecule has 2 aliphatic rings. The van der Waals surface area contributed by atoms with Gasteiger partial charge in [0.05, 0.1) is 20.3 Å². The molecule has 0 aromatic heterocycles. The van der Waals surface area contributed by atoms with Crippen molar-refractivity contribution in [1.29, 1.82) is 0 Å². The molecular formula is C42H58O5. The molecule has 0 amide bonds. The van der Waals surface area contributed by atoms with Gasteiger partial charge in [-0.15, -0.1) is 0 Å². The summed E-state index contributed by atoms with van der Waals surface area (Å²) >= 11 is 0. The van der Waals surface area contributed by atoms with Crippen molar-refractivity contribution >= 4 is 0 Å². The average Bonchev–Trinajstić information content (AvgIpc) is 4.05. The molecule has 2 unspecified atom stereocenters. The summed E-state index contributed by atoms with van der Waals surface area (Å²) in [5, 5.41) is 0. The number of hydrogen-bond acceptors (Lipinski definition) is 5. The molecular weight excluding hydrogens is 584 g/mol. The Hall–Kier alpha value is -3.80. The first-order chi connectivity index (χ1) is 22.8. The Bertz CT molecular complexity index is 1330. The van der Waals surface area contributed by atoms with Crippen LogP contribution in [0.1, 0.15) is 73.8 Å². The lowest BCUT2D eigenvalue weighted by molar-refractivity contribution is 0.263. The van der Waals surface area contributed by atoms with Crippen molar-refractivity contribution < 1.29 is 23.7 Å². The Morgan fingerprint density at radius 2 is 0.787 bits per heavy atom. The monoisotopic (exact) mass is 642 g/mol. The summed E-state index contributed by atoms with van der Waals surface area (Å²) in [6.07, 6.45) is 0.616. The van der Waals surface area contributed by atoms with Crippen molar-refractivity contribution in [1.82, 2.24) is 0 Å². The molecule has 0 saturated carbocycles. The molecule has 4 aromatic rings. The maximum absolute atomic E-state index is 5.68. The molecule has 0 aliphatic carbocycles. The number of hydrogen-bond donors (Lipinski definition) is 0. The molecule has 2 saturated heterocycles. The Kier molecular flexibility index (Phi) is 18.3. The summed E-state index contributed by atoms with van der Waals surface area (Å²) in [7, 11) is 1.68. The van der Waals surface area contributed by atoms with Crippen LogP contribution >= 0.6 is 0 Å². The molecule has 2 atom stereocenters. The smallest absolute Gasteiger partial charge is 0.119 e. The maximum Gasteiger partial charge on any atom is 0.119 e. The number of methoxy groups -OCH3 is 1. The summed E-state index contributed by atoms with van der Waals surface area (Å²) in [5.41, 5.74) is 6.08. The first-order valence-corrected chi connectivity index (χ1v) is 17.2. The minimum atomic E-state index is 0.283. The van der Waals surface area contributed by atoms with Crippen molar-refractivity contribution in [2.24, 2.45) is 5.92 Å². The van der Waals surface area contributed by atoms with Gasteiger partial charge in [-0.3, -0.25) is 0 Å². The van der Waals surface area contributed by atoms with Gasteiger partial charge in [0.15, 0.2) is 0 Å². The fraction of sp³-hybridized carbons (Fsp3) is 0.429. The molecule has 256 valence electrons. The van der Waals surface area contributed by atoms with E-state index < -0.39 is 0 Å². The molecule has 5 nitrogen and oxygen atoms in total. The zero-order chi connectivity index (χ0) is 34.6. The standard InChI is InChI=1S/C22H20O3.C12H16O2.C4H10.2C2H6/c1-23-20-10-6-18(7-11-20)16-2-4-17(5-3-16)19-8-12-21(13-9-19)24-14-22-15-25-22;1-9(2)10-3-5-11(6-4-10)13-7-12-8-14-12;1-4(2)3;2*1-2/h2-13,22H,14-15H2,1H3;3-6,9,12H,7-8H2,1-2H3;4H,1-3H3;2*1-2H3. The lowest BCUT2D eigenvalue weighted by Gasteiger charge is -2.08. The minimum absolute atomic E-state index is 0.283. The quantitative estimate of drug-likeness (QED) is 0.161. The second-order valence-electron chi connectivity index (χ2n) is 11.8. The van der Waals surface area contributed by atoms with E-state index in [2.05, 4.69) is 95.3 Å². The van der Waals surface area contributed by atoms with E-state index in [1.54, 1.807) is 7.11 Å². The van der Waals surface area contributed by atoms with Gasteiger partial charge in [-0.2, -0.15) is 0 Å². The topological polar surface area (TPSA) is 52.8 Å². The van der Waals surface area contributed by atoms with Gasteiger partial charge in [-0.25, -0.2) is 0 Å². The zero-order valence-corrected chi connectivity index (χ0v) is 30.4. The normalized spacial score (nSPS) is 15.2. The third-order valence-electron chi connectivity index (χ3n) is 6.72. The molecule has 0 spiro atoms. The van der Waals surface area contributed by atoms with E-state index in [1.807, 2.05) is 64.1 Å². The predicted molar refractivity (Wildman–Crippen MR) is 198 cm³/mol. The van der Waals surface area contributed by atoms with Crippen LogP contribution in [0.15, 0.2) is 97.1 Å². The van der Waals surface area contributed by atoms with Crippen molar-refractivity contribution in [2.45, 2.75) is 80.4 Å². The Morgan fingerprint density at radius 1 is 0.511 bits per heavy atom. The molecule has 2 fully saturated rings. The fourth-order valence-electron chi connectivity index (χ4n) is 4.04. The van der Waals surface area contributed by atoms with Gasteiger partial charge in [0.2, 0.25) is 0 Å². The summed E-state index contributed by atoms with van der Waals surface area (Å²) < 4.78 is 26.6. The van der Waals surface area contributed by atoms with Crippen molar-refractivity contribution in [3.8, 4) is 39.5 Å². The van der Waals surface area contributed by atoms with Gasteiger partial charge >= 0.3 is 0 Å². The van der Waals surface area contributed by atoms with E-state index in [4.69, 9.17) is 23.7 Å². The third kappa shape index (κ3) is 15.6. The second kappa shape index (κ2) is 21.9. The highest BCUT2D eigenvalue weighted by molar-refractivity contribution is 5.71. The van der Waals surface area contributed by atoms with Crippen LogP contribution in [0.5, 0.6) is 17.2 Å². The number of rotatable bonds is 10. The second-order valence-corrected chi connectivity index (χ2v) is 11.8. The number of epoxide rings is 2. The van der Waals surface area contributed by atoms with Crippen LogP contribution in [-0.4, -0.2) is 45.7 Å². The molecule has 4 aromatic carbocycles. The number of ether oxygens (including phenoxy) is 5. The van der Waals surface area contributed by atoms with Crippen molar-refractivity contribution in [3.05, 3.63) is 103 Å². The first kappa shape index (κ1) is 39.4. The molecule has 47 heavy (non-hydrogen) atoms. The average molecular weight is 643 g/mol. The van der Waals surface area contributed by atoms with E-state index in [-0.39, 0.29) is 6.10 Å². The largest absolute Gasteiger partial charge is 0.497 e. The van der Waals surface area contributed by atoms with Gasteiger partial charge in [-0.1, -0.05) is 123 Å². The third-order valence-corrected chi connectivity index (χ3v) is 6.72. The highest BCUT2D eigenvalue weighted by atomic mass is 16.6. The van der Waals surface area contributed by atoms with E-state index in [0.717, 1.165) is 36.4 Å². The molecule has 2 heterocycles. The van der Waals surface area contributed by atoms with Crippen LogP contribution in [0, 0.1) is 5.92 Å². The molecule has 5 heteroatoms. The Labute approximate surface area is 285 Å². The van der Waals surface area contributed by atoms with Gasteiger partial charge < -0.3 is 23.7 Å². The molecule has 0 N–H and O–H groups in total. The highest BCUT2D eigenvalue weighted by Crippen LogP contribution is 2.28. The summed E-state index contributed by atoms with van der Waals surface area (Å²) in [6, 6.07) is 33.2. The van der Waals surface area contributed by atoms with Crippen LogP contribution in [0.2, 0.25) is 0 Å². The van der Waals surface area contributed by atoms with Gasteiger partial charge in [0, 0.05) is 0 Å². The van der Waals surface area contributed by atoms with E-state index in [9.17, 15) is 0 Å². The zero-order valence-electron chi connectivity index (χ0n) is 30.4. The van der Waals surface area contributed by atoms with Gasteiger partial charge in [0.1, 0.15) is 42.7 Å². The van der Waals surface area contributed by atoms with Crippen LogP contribution < -0.4 is 14.2 Å². The van der Waals surface area contributed by atoms with E-state index in [0.29, 0.717) is 25.2 Å². The lowest BCUT2D eigenvalue weighted by atomic mass is 10.0. The maximum atomic E-state index is 5.68. The molecule has 0 bridgehead atoms. The van der Waals surface area contributed by atoms with Crippen LogP contribution in [0.25, 0.3) is 22.3 Å². The SMILES string of the molecule is CC.CC.CC(C)C.CC(C)c1ccc(OCC2CO2)cc1.COc1ccc(-c2ccc(-c3ccc(OCC4CO4)cc3)cc2)cc1. The van der Waals surface area contributed by atoms with Crippen LogP contribution in [-0.2, 0) is 9.47 Å². The number of benzene rings is 4. The van der Waals surface area contributed by atoms with Crippen LogP contribution in [0.4, 0.5) is 0 Å². The highest BCUT2D eigenvalue weighted by Gasteiger charge is 2.23. The van der Waals surface area contributed by atoms with Crippen molar-refractivity contribution in [2.75, 3.05) is 33.5 Å².